The lowest BCUT2D eigenvalue weighted by atomic mass is 9.34. The smallest absolute Gasteiger partial charge is 0.330 e. The fraction of sp³-hybridized carbons (Fsp3) is 0.419. The van der Waals surface area contributed by atoms with Crippen LogP contribution >= 0.6 is 0 Å². The molecule has 37 heavy (non-hydrogen) atoms. The van der Waals surface area contributed by atoms with Gasteiger partial charge in [-0.15, -0.1) is 0 Å². The summed E-state index contributed by atoms with van der Waals surface area (Å²) in [6.07, 6.45) is 6.18. The largest absolute Gasteiger partial charge is 0.490 e. The topological polar surface area (TPSA) is 71.1 Å². The van der Waals surface area contributed by atoms with Crippen LogP contribution in [0.1, 0.15) is 37.3 Å². The highest BCUT2D eigenvalue weighted by Crippen LogP contribution is 2.81. The second kappa shape index (κ2) is 10.1. The number of rotatable bonds is 12. The molecule has 194 valence electrons. The lowest BCUT2D eigenvalue weighted by Crippen LogP contribution is -2.66. The number of carbonyl (C=O) groups excluding carboxylic acids is 2. The Balaban J connectivity index is 1.33. The van der Waals surface area contributed by atoms with E-state index in [0.29, 0.717) is 19.1 Å². The fourth-order valence-electron chi connectivity index (χ4n) is 7.63. The molecule has 6 nitrogen and oxygen atoms in total. The predicted molar refractivity (Wildman–Crippen MR) is 139 cm³/mol. The maximum absolute atomic E-state index is 11.2. The second-order valence-electron chi connectivity index (χ2n) is 10.5. The third-order valence-electron chi connectivity index (χ3n) is 8.79. The Morgan fingerprint density at radius 2 is 1.24 bits per heavy atom. The summed E-state index contributed by atoms with van der Waals surface area (Å²) in [6, 6.07) is 16.9. The van der Waals surface area contributed by atoms with Gasteiger partial charge in [0.05, 0.1) is 0 Å². The average Bonchev–Trinajstić information content (AvgIpc) is 3.44. The number of esters is 2. The van der Waals surface area contributed by atoms with Crippen molar-refractivity contribution in [2.45, 2.75) is 31.6 Å². The monoisotopic (exact) mass is 502 g/mol. The van der Waals surface area contributed by atoms with Crippen LogP contribution in [0.25, 0.3) is 0 Å². The van der Waals surface area contributed by atoms with Gasteiger partial charge in [-0.25, -0.2) is 9.59 Å². The van der Waals surface area contributed by atoms with Crippen molar-refractivity contribution in [1.82, 2.24) is 0 Å². The molecule has 0 saturated heterocycles. The van der Waals surface area contributed by atoms with E-state index < -0.39 is 11.9 Å². The molecule has 4 unspecified atom stereocenters. The minimum absolute atomic E-state index is 0.0410. The summed E-state index contributed by atoms with van der Waals surface area (Å²) in [5, 5.41) is 0. The van der Waals surface area contributed by atoms with Crippen molar-refractivity contribution in [3.05, 3.63) is 85.0 Å². The molecular weight excluding hydrogens is 468 g/mol. The highest BCUT2D eigenvalue weighted by Gasteiger charge is 2.76. The van der Waals surface area contributed by atoms with Crippen LogP contribution in [0, 0.1) is 23.2 Å². The normalized spacial score (nSPS) is 26.0. The van der Waals surface area contributed by atoms with E-state index in [1.807, 2.05) is 24.3 Å². The molecule has 3 aliphatic rings. The number of hydrogen-bond acceptors (Lipinski definition) is 6. The molecule has 0 spiro atoms. The third kappa shape index (κ3) is 4.22. The van der Waals surface area contributed by atoms with Crippen LogP contribution in [0.2, 0.25) is 0 Å². The van der Waals surface area contributed by atoms with Gasteiger partial charge in [0, 0.05) is 17.6 Å². The van der Waals surface area contributed by atoms with E-state index in [1.165, 1.54) is 30.4 Å². The van der Waals surface area contributed by atoms with Gasteiger partial charge in [0.1, 0.15) is 37.9 Å². The summed E-state index contributed by atoms with van der Waals surface area (Å²) in [4.78, 5) is 22.4. The summed E-state index contributed by atoms with van der Waals surface area (Å²) < 4.78 is 21.6. The van der Waals surface area contributed by atoms with Crippen molar-refractivity contribution in [1.29, 1.82) is 0 Å². The van der Waals surface area contributed by atoms with Crippen LogP contribution in [0.5, 0.6) is 11.5 Å². The number of carbonyl (C=O) groups is 2. The van der Waals surface area contributed by atoms with Gasteiger partial charge in [-0.3, -0.25) is 0 Å². The van der Waals surface area contributed by atoms with Gasteiger partial charge < -0.3 is 18.9 Å². The Labute approximate surface area is 218 Å². The molecular formula is C31H34O6. The number of ether oxygens (including phenoxy) is 4. The molecule has 5 rings (SSSR count). The van der Waals surface area contributed by atoms with Crippen LogP contribution in [-0.4, -0.2) is 38.4 Å². The van der Waals surface area contributed by atoms with Gasteiger partial charge in [0.2, 0.25) is 0 Å². The molecule has 3 aliphatic carbocycles. The molecule has 2 aromatic rings. The second-order valence-corrected chi connectivity index (χ2v) is 10.5. The van der Waals surface area contributed by atoms with Crippen molar-refractivity contribution >= 4 is 11.9 Å². The standard InChI is InChI=1S/C31H34O6/c1-4-28(32)36-16-14-34-24-10-6-22(7-11-24)31(27-19-21-18-26(27)30(31,3)20-21)23-8-12-25(13-9-23)35-15-17-37-29(33)5-2/h4-13,21,26-27H,1-2,14-20H2,3H3. The molecule has 0 aliphatic heterocycles. The van der Waals surface area contributed by atoms with Gasteiger partial charge in [0.15, 0.2) is 0 Å². The first-order valence-corrected chi connectivity index (χ1v) is 13.0. The van der Waals surface area contributed by atoms with Crippen LogP contribution in [0.15, 0.2) is 73.8 Å². The third-order valence-corrected chi connectivity index (χ3v) is 8.79. The van der Waals surface area contributed by atoms with E-state index in [-0.39, 0.29) is 24.0 Å². The van der Waals surface area contributed by atoms with Gasteiger partial charge >= 0.3 is 11.9 Å². The number of fused-ring (bicyclic) bond motifs is 1. The first kappa shape index (κ1) is 25.1. The summed E-state index contributed by atoms with van der Waals surface area (Å²) in [7, 11) is 0. The Hall–Kier alpha value is -3.54. The summed E-state index contributed by atoms with van der Waals surface area (Å²) in [6.45, 7) is 10.2. The maximum Gasteiger partial charge on any atom is 0.330 e. The zero-order valence-electron chi connectivity index (χ0n) is 21.3. The van der Waals surface area contributed by atoms with E-state index in [9.17, 15) is 9.59 Å². The molecule has 0 radical (unpaired) electrons. The van der Waals surface area contributed by atoms with Gasteiger partial charge in [0.25, 0.3) is 0 Å². The van der Waals surface area contributed by atoms with Crippen LogP contribution in [0.3, 0.4) is 0 Å². The van der Waals surface area contributed by atoms with Crippen molar-refractivity contribution in [3.63, 3.8) is 0 Å². The minimum Gasteiger partial charge on any atom is -0.490 e. The van der Waals surface area contributed by atoms with Crippen molar-refractivity contribution in [3.8, 4) is 11.5 Å². The maximum atomic E-state index is 11.2. The molecule has 4 atom stereocenters. The van der Waals surface area contributed by atoms with E-state index >= 15 is 0 Å². The molecule has 6 heteroatoms. The molecule has 0 amide bonds. The zero-order chi connectivity index (χ0) is 26.0. The predicted octanol–water partition coefficient (Wildman–Crippen LogP) is 5.25. The van der Waals surface area contributed by atoms with Gasteiger partial charge in [-0.1, -0.05) is 44.3 Å². The summed E-state index contributed by atoms with van der Waals surface area (Å²) in [5.74, 6) is 2.86. The van der Waals surface area contributed by atoms with Crippen LogP contribution < -0.4 is 9.47 Å². The Morgan fingerprint density at radius 1 is 0.784 bits per heavy atom. The fourth-order valence-corrected chi connectivity index (χ4v) is 7.63. The molecule has 0 aromatic heterocycles. The van der Waals surface area contributed by atoms with Gasteiger partial charge in [-0.05, 0) is 77.8 Å². The van der Waals surface area contributed by atoms with Crippen molar-refractivity contribution in [2.24, 2.45) is 23.2 Å². The minimum atomic E-state index is -0.448. The molecule has 2 bridgehead atoms. The first-order chi connectivity index (χ1) is 17.9. The van der Waals surface area contributed by atoms with E-state index in [0.717, 1.165) is 35.5 Å². The molecule has 3 fully saturated rings. The average molecular weight is 503 g/mol. The summed E-state index contributed by atoms with van der Waals surface area (Å²) in [5.41, 5.74) is 2.84. The number of hydrogen-bond donors (Lipinski definition) is 0. The highest BCUT2D eigenvalue weighted by atomic mass is 16.6. The van der Waals surface area contributed by atoms with Crippen molar-refractivity contribution < 1.29 is 28.5 Å². The van der Waals surface area contributed by atoms with E-state index in [4.69, 9.17) is 18.9 Å². The lowest BCUT2D eigenvalue weighted by Gasteiger charge is -2.69. The molecule has 3 saturated carbocycles. The van der Waals surface area contributed by atoms with E-state index in [2.05, 4.69) is 44.3 Å². The Morgan fingerprint density at radius 3 is 1.62 bits per heavy atom. The highest BCUT2D eigenvalue weighted by molar-refractivity contribution is 5.81. The SMILES string of the molecule is C=CC(=O)OCCOc1ccc(C2(c3ccc(OCCOC(=O)C=C)cc3)C3CC4CC3C2(C)C4)cc1. The Kier molecular flexibility index (Phi) is 6.84. The molecule has 0 N–H and O–H groups in total. The first-order valence-electron chi connectivity index (χ1n) is 13.0. The molecule has 2 aromatic carbocycles. The van der Waals surface area contributed by atoms with Crippen molar-refractivity contribution in [2.75, 3.05) is 26.4 Å². The van der Waals surface area contributed by atoms with Gasteiger partial charge in [-0.2, -0.15) is 0 Å². The van der Waals surface area contributed by atoms with Crippen LogP contribution in [0.4, 0.5) is 0 Å². The molecule has 0 heterocycles. The quantitative estimate of drug-likeness (QED) is 0.224. The Bertz CT molecular complexity index is 1100. The van der Waals surface area contributed by atoms with E-state index in [1.54, 1.807) is 0 Å². The zero-order valence-corrected chi connectivity index (χ0v) is 21.3. The van der Waals surface area contributed by atoms with Crippen LogP contribution in [-0.2, 0) is 24.5 Å². The summed E-state index contributed by atoms with van der Waals surface area (Å²) >= 11 is 0. The number of benzene rings is 2. The lowest BCUT2D eigenvalue weighted by molar-refractivity contribution is -0.139.